The first-order valence-corrected chi connectivity index (χ1v) is 4.06. The Morgan fingerprint density at radius 3 is 2.92 bits per heavy atom. The Kier molecular flexibility index (Phi) is 3.40. The molecule has 1 atom stereocenters. The van der Waals surface area contributed by atoms with Gasteiger partial charge in [0, 0.05) is 24.4 Å². The molecule has 0 bridgehead atoms. The smallest absolute Gasteiger partial charge is 0.304 e. The molecule has 0 fully saturated rings. The molecule has 4 nitrogen and oxygen atoms in total. The highest BCUT2D eigenvalue weighted by molar-refractivity contribution is 5.67. The molecule has 1 rings (SSSR count). The van der Waals surface area contributed by atoms with E-state index in [-0.39, 0.29) is 12.5 Å². The Morgan fingerprint density at radius 1 is 1.62 bits per heavy atom. The fourth-order valence-electron chi connectivity index (χ4n) is 1.08. The van der Waals surface area contributed by atoms with E-state index < -0.39 is 5.97 Å². The highest BCUT2D eigenvalue weighted by atomic mass is 16.4. The minimum Gasteiger partial charge on any atom is -0.481 e. The molecule has 0 aromatic carbocycles. The van der Waals surface area contributed by atoms with Gasteiger partial charge in [-0.3, -0.25) is 9.78 Å². The van der Waals surface area contributed by atoms with Gasteiger partial charge in [0.15, 0.2) is 0 Å². The number of hydrogen-bond acceptors (Lipinski definition) is 3. The number of pyridine rings is 1. The molecule has 1 heterocycles. The van der Waals surface area contributed by atoms with Crippen LogP contribution in [-0.4, -0.2) is 22.1 Å². The van der Waals surface area contributed by atoms with Gasteiger partial charge in [-0.1, -0.05) is 6.07 Å². The monoisotopic (exact) mass is 180 g/mol. The first kappa shape index (κ1) is 9.67. The number of aliphatic carboxylic acids is 1. The number of nitrogens with two attached hydrogens (primary N) is 1. The third-order valence-corrected chi connectivity index (χ3v) is 1.63. The van der Waals surface area contributed by atoms with Gasteiger partial charge in [-0.2, -0.15) is 0 Å². The van der Waals surface area contributed by atoms with Gasteiger partial charge in [-0.15, -0.1) is 0 Å². The summed E-state index contributed by atoms with van der Waals surface area (Å²) < 4.78 is 0. The Morgan fingerprint density at radius 2 is 2.38 bits per heavy atom. The summed E-state index contributed by atoms with van der Waals surface area (Å²) in [6.07, 6.45) is 2.16. The molecule has 0 saturated carbocycles. The van der Waals surface area contributed by atoms with Crippen molar-refractivity contribution in [3.63, 3.8) is 0 Å². The van der Waals surface area contributed by atoms with Gasteiger partial charge in [0.2, 0.25) is 0 Å². The minimum absolute atomic E-state index is 0.0173. The molecule has 0 unspecified atom stereocenters. The number of hydrogen-bond donors (Lipinski definition) is 2. The molecule has 0 aliphatic rings. The van der Waals surface area contributed by atoms with Gasteiger partial charge in [0.05, 0.1) is 6.42 Å². The Balaban J connectivity index is 2.45. The van der Waals surface area contributed by atoms with Crippen molar-refractivity contribution in [2.75, 3.05) is 0 Å². The molecule has 3 N–H and O–H groups in total. The van der Waals surface area contributed by atoms with Crippen molar-refractivity contribution >= 4 is 5.97 Å². The van der Waals surface area contributed by atoms with Crippen LogP contribution in [0.5, 0.6) is 0 Å². The second-order valence-corrected chi connectivity index (χ2v) is 2.88. The average molecular weight is 180 g/mol. The third-order valence-electron chi connectivity index (χ3n) is 1.63. The first-order chi connectivity index (χ1) is 6.18. The molecular weight excluding hydrogens is 168 g/mol. The molecular formula is C9H12N2O2. The Hall–Kier alpha value is -1.42. The van der Waals surface area contributed by atoms with Crippen molar-refractivity contribution in [1.82, 2.24) is 4.98 Å². The molecule has 1 aromatic heterocycles. The molecule has 13 heavy (non-hydrogen) atoms. The maximum absolute atomic E-state index is 10.3. The summed E-state index contributed by atoms with van der Waals surface area (Å²) >= 11 is 0. The largest absolute Gasteiger partial charge is 0.481 e. The van der Waals surface area contributed by atoms with E-state index in [9.17, 15) is 4.79 Å². The Labute approximate surface area is 76.4 Å². The van der Waals surface area contributed by atoms with Gasteiger partial charge >= 0.3 is 5.97 Å². The lowest BCUT2D eigenvalue weighted by Crippen LogP contribution is -2.26. The van der Waals surface area contributed by atoms with Crippen LogP contribution in [0, 0.1) is 0 Å². The fourth-order valence-corrected chi connectivity index (χ4v) is 1.08. The van der Waals surface area contributed by atoms with Crippen LogP contribution in [-0.2, 0) is 11.2 Å². The summed E-state index contributed by atoms with van der Waals surface area (Å²) in [5.74, 6) is -0.872. The summed E-state index contributed by atoms with van der Waals surface area (Å²) in [6.45, 7) is 0. The number of nitrogens with zero attached hydrogens (tertiary/aromatic N) is 1. The number of carboxylic acid groups (broad SMARTS) is 1. The zero-order chi connectivity index (χ0) is 9.68. The second-order valence-electron chi connectivity index (χ2n) is 2.88. The van der Waals surface area contributed by atoms with E-state index in [1.54, 1.807) is 6.20 Å². The van der Waals surface area contributed by atoms with Crippen LogP contribution in [0.1, 0.15) is 12.1 Å². The number of rotatable bonds is 4. The summed E-state index contributed by atoms with van der Waals surface area (Å²) in [4.78, 5) is 14.4. The van der Waals surface area contributed by atoms with Crippen LogP contribution in [0.25, 0.3) is 0 Å². The molecule has 0 saturated heterocycles. The van der Waals surface area contributed by atoms with E-state index in [0.29, 0.717) is 6.42 Å². The van der Waals surface area contributed by atoms with Crippen LogP contribution in [0.15, 0.2) is 24.4 Å². The number of carboxylic acids is 1. The summed E-state index contributed by atoms with van der Waals surface area (Å²) in [7, 11) is 0. The zero-order valence-electron chi connectivity index (χ0n) is 7.18. The van der Waals surface area contributed by atoms with Crippen LogP contribution in [0.4, 0.5) is 0 Å². The lowest BCUT2D eigenvalue weighted by atomic mass is 10.1. The van der Waals surface area contributed by atoms with Crippen LogP contribution in [0.3, 0.4) is 0 Å². The van der Waals surface area contributed by atoms with E-state index in [2.05, 4.69) is 4.98 Å². The predicted molar refractivity (Wildman–Crippen MR) is 48.2 cm³/mol. The van der Waals surface area contributed by atoms with Crippen LogP contribution < -0.4 is 5.73 Å². The van der Waals surface area contributed by atoms with Gasteiger partial charge in [0.25, 0.3) is 0 Å². The highest BCUT2D eigenvalue weighted by Crippen LogP contribution is 2.00. The molecule has 0 amide bonds. The second kappa shape index (κ2) is 4.57. The number of carbonyl (C=O) groups is 1. The first-order valence-electron chi connectivity index (χ1n) is 4.06. The normalized spacial score (nSPS) is 12.4. The number of aromatic nitrogens is 1. The molecule has 0 aliphatic heterocycles. The third kappa shape index (κ3) is 3.66. The highest BCUT2D eigenvalue weighted by Gasteiger charge is 2.08. The SMILES string of the molecule is N[C@H](CC(=O)O)Cc1ccccn1. The quantitative estimate of drug-likeness (QED) is 0.704. The summed E-state index contributed by atoms with van der Waals surface area (Å²) in [6, 6.07) is 5.15. The van der Waals surface area contributed by atoms with Crippen LogP contribution >= 0.6 is 0 Å². The standard InChI is InChI=1S/C9H12N2O2/c10-7(6-9(12)13)5-8-3-1-2-4-11-8/h1-4,7H,5-6,10H2,(H,12,13)/t7-/m0/s1. The van der Waals surface area contributed by atoms with Gasteiger partial charge in [-0.05, 0) is 12.1 Å². The lowest BCUT2D eigenvalue weighted by molar-refractivity contribution is -0.137. The minimum atomic E-state index is -0.872. The van der Waals surface area contributed by atoms with E-state index in [0.717, 1.165) is 5.69 Å². The maximum Gasteiger partial charge on any atom is 0.304 e. The van der Waals surface area contributed by atoms with Crippen LogP contribution in [0.2, 0.25) is 0 Å². The molecule has 0 spiro atoms. The van der Waals surface area contributed by atoms with Crippen molar-refractivity contribution in [1.29, 1.82) is 0 Å². The molecule has 0 aliphatic carbocycles. The van der Waals surface area contributed by atoms with Gasteiger partial charge in [0.1, 0.15) is 0 Å². The van der Waals surface area contributed by atoms with Crippen molar-refractivity contribution in [3.8, 4) is 0 Å². The van der Waals surface area contributed by atoms with E-state index >= 15 is 0 Å². The molecule has 70 valence electrons. The van der Waals surface area contributed by atoms with Gasteiger partial charge in [-0.25, -0.2) is 0 Å². The predicted octanol–water partition coefficient (Wildman–Crippen LogP) is 0.426. The fraction of sp³-hybridized carbons (Fsp3) is 0.333. The van der Waals surface area contributed by atoms with Gasteiger partial charge < -0.3 is 10.8 Å². The van der Waals surface area contributed by atoms with E-state index in [1.165, 1.54) is 0 Å². The average Bonchev–Trinajstić information content (AvgIpc) is 2.04. The maximum atomic E-state index is 10.3. The van der Waals surface area contributed by atoms with Crippen molar-refractivity contribution < 1.29 is 9.90 Å². The van der Waals surface area contributed by atoms with E-state index in [1.807, 2.05) is 18.2 Å². The summed E-state index contributed by atoms with van der Waals surface area (Å²) in [5, 5.41) is 8.46. The lowest BCUT2D eigenvalue weighted by Gasteiger charge is -2.06. The summed E-state index contributed by atoms with van der Waals surface area (Å²) in [5.41, 5.74) is 6.42. The molecule has 1 aromatic rings. The molecule has 0 radical (unpaired) electrons. The van der Waals surface area contributed by atoms with E-state index in [4.69, 9.17) is 10.8 Å². The Bertz CT molecular complexity index is 274. The van der Waals surface area contributed by atoms with Crippen molar-refractivity contribution in [2.45, 2.75) is 18.9 Å². The zero-order valence-corrected chi connectivity index (χ0v) is 7.18. The van der Waals surface area contributed by atoms with Crippen molar-refractivity contribution in [3.05, 3.63) is 30.1 Å². The topological polar surface area (TPSA) is 76.2 Å². The van der Waals surface area contributed by atoms with Crippen molar-refractivity contribution in [2.24, 2.45) is 5.73 Å². The molecule has 4 heteroatoms.